The molecule has 92 valence electrons. The minimum atomic E-state index is -0.512. The van der Waals surface area contributed by atoms with E-state index < -0.39 is 6.09 Å². The van der Waals surface area contributed by atoms with Gasteiger partial charge in [-0.05, 0) is 5.92 Å². The number of amides is 1. The van der Waals surface area contributed by atoms with E-state index in [4.69, 9.17) is 0 Å². The molecule has 0 heterocycles. The van der Waals surface area contributed by atoms with Crippen LogP contribution in [0.15, 0.2) is 12.7 Å². The molecule has 0 saturated heterocycles. The van der Waals surface area contributed by atoms with Crippen molar-refractivity contribution in [3.05, 3.63) is 12.7 Å². The normalized spacial score (nSPS) is 9.94. The van der Waals surface area contributed by atoms with Crippen LogP contribution < -0.4 is 5.32 Å². The van der Waals surface area contributed by atoms with Crippen LogP contribution in [0.1, 0.15) is 20.3 Å². The van der Waals surface area contributed by atoms with Crippen molar-refractivity contribution in [2.75, 3.05) is 18.9 Å². The fourth-order valence-corrected chi connectivity index (χ4v) is 1.55. The van der Waals surface area contributed by atoms with E-state index in [1.807, 2.05) is 0 Å². The minimum Gasteiger partial charge on any atom is -0.445 e. The average Bonchev–Trinajstić information content (AvgIpc) is 2.23. The van der Waals surface area contributed by atoms with Gasteiger partial charge in [-0.3, -0.25) is 4.79 Å². The zero-order chi connectivity index (χ0) is 12.4. The number of hydrogen-bond donors (Lipinski definition) is 1. The van der Waals surface area contributed by atoms with E-state index in [2.05, 4.69) is 30.5 Å². The van der Waals surface area contributed by atoms with E-state index in [1.165, 1.54) is 17.8 Å². The van der Waals surface area contributed by atoms with Crippen LogP contribution >= 0.6 is 11.8 Å². The van der Waals surface area contributed by atoms with Crippen LogP contribution in [0.4, 0.5) is 4.79 Å². The van der Waals surface area contributed by atoms with E-state index >= 15 is 0 Å². The molecule has 1 amide bonds. The van der Waals surface area contributed by atoms with Gasteiger partial charge in [0.25, 0.3) is 0 Å². The predicted octanol–water partition coefficient (Wildman–Crippen LogP) is 2.20. The van der Waals surface area contributed by atoms with E-state index in [-0.39, 0.29) is 11.7 Å². The third-order valence-electron chi connectivity index (χ3n) is 1.51. The molecule has 16 heavy (non-hydrogen) atoms. The number of alkyl carbamates (subject to hydrolysis) is 1. The fourth-order valence-electron chi connectivity index (χ4n) is 0.784. The van der Waals surface area contributed by atoms with E-state index in [0.717, 1.165) is 5.75 Å². The fraction of sp³-hybridized carbons (Fsp3) is 0.636. The Morgan fingerprint density at radius 1 is 1.50 bits per heavy atom. The Labute approximate surface area is 101 Å². The molecule has 0 aromatic rings. The highest BCUT2D eigenvalue weighted by molar-refractivity contribution is 8.13. The average molecular weight is 245 g/mol. The van der Waals surface area contributed by atoms with Gasteiger partial charge in [-0.1, -0.05) is 38.3 Å². The van der Waals surface area contributed by atoms with E-state index in [0.29, 0.717) is 18.9 Å². The molecule has 1 N–H and O–H groups in total. The Balaban J connectivity index is 3.46. The molecular formula is C11H19NO3S. The number of rotatable bonds is 7. The smallest absolute Gasteiger partial charge is 0.407 e. The van der Waals surface area contributed by atoms with Gasteiger partial charge in [0.05, 0.1) is 0 Å². The Bertz CT molecular complexity index is 241. The molecule has 0 atom stereocenters. The first-order chi connectivity index (χ1) is 7.56. The number of hydrogen-bond acceptors (Lipinski definition) is 4. The van der Waals surface area contributed by atoms with Gasteiger partial charge in [-0.2, -0.15) is 0 Å². The number of nitrogens with one attached hydrogen (secondary N) is 1. The quantitative estimate of drug-likeness (QED) is 0.699. The highest BCUT2D eigenvalue weighted by Crippen LogP contribution is 2.10. The summed E-state index contributed by atoms with van der Waals surface area (Å²) >= 11 is 1.31. The molecule has 0 aromatic heterocycles. The van der Waals surface area contributed by atoms with Gasteiger partial charge < -0.3 is 10.1 Å². The summed E-state index contributed by atoms with van der Waals surface area (Å²) in [5.74, 6) is 1.32. The van der Waals surface area contributed by atoms with Crippen LogP contribution in [0.25, 0.3) is 0 Å². The number of ether oxygens (including phenoxy) is 1. The highest BCUT2D eigenvalue weighted by atomic mass is 32.2. The van der Waals surface area contributed by atoms with Crippen LogP contribution in [0, 0.1) is 5.92 Å². The van der Waals surface area contributed by atoms with Crippen molar-refractivity contribution in [2.45, 2.75) is 20.3 Å². The van der Waals surface area contributed by atoms with Crippen molar-refractivity contribution in [3.8, 4) is 0 Å². The summed E-state index contributed by atoms with van der Waals surface area (Å²) in [4.78, 5) is 22.2. The molecule has 0 aromatic carbocycles. The summed E-state index contributed by atoms with van der Waals surface area (Å²) in [5, 5.41) is 2.59. The largest absolute Gasteiger partial charge is 0.445 e. The maximum Gasteiger partial charge on any atom is 0.407 e. The second-order valence-electron chi connectivity index (χ2n) is 3.64. The maximum atomic E-state index is 11.3. The van der Waals surface area contributed by atoms with Crippen LogP contribution in [0.2, 0.25) is 0 Å². The first-order valence-electron chi connectivity index (χ1n) is 5.23. The molecule has 0 aliphatic carbocycles. The standard InChI is InChI=1S/C11H19NO3S/c1-4-7-15-11(14)12-6-5-10(13)16-8-9(2)3/h4,9H,1,5-8H2,2-3H3,(H,12,14). The van der Waals surface area contributed by atoms with Crippen LogP contribution in [-0.4, -0.2) is 30.1 Å². The lowest BCUT2D eigenvalue weighted by Gasteiger charge is -2.05. The summed E-state index contributed by atoms with van der Waals surface area (Å²) < 4.78 is 4.68. The Morgan fingerprint density at radius 3 is 2.75 bits per heavy atom. The number of thioether (sulfide) groups is 1. The van der Waals surface area contributed by atoms with Gasteiger partial charge in [0.1, 0.15) is 6.61 Å². The molecule has 4 nitrogen and oxygen atoms in total. The van der Waals surface area contributed by atoms with Crippen LogP contribution in [0.5, 0.6) is 0 Å². The van der Waals surface area contributed by atoms with Crippen LogP contribution in [0.3, 0.4) is 0 Å². The van der Waals surface area contributed by atoms with Crippen molar-refractivity contribution in [1.29, 1.82) is 0 Å². The van der Waals surface area contributed by atoms with Gasteiger partial charge in [0, 0.05) is 18.7 Å². The Morgan fingerprint density at radius 2 is 2.19 bits per heavy atom. The summed E-state index contributed by atoms with van der Waals surface area (Å²) in [6, 6.07) is 0. The monoisotopic (exact) mass is 245 g/mol. The minimum absolute atomic E-state index is 0.0951. The van der Waals surface area contributed by atoms with Gasteiger partial charge >= 0.3 is 6.09 Å². The molecular weight excluding hydrogens is 226 g/mol. The summed E-state index contributed by atoms with van der Waals surface area (Å²) in [6.07, 6.45) is 1.31. The first-order valence-corrected chi connectivity index (χ1v) is 6.22. The van der Waals surface area contributed by atoms with Crippen molar-refractivity contribution < 1.29 is 14.3 Å². The van der Waals surface area contributed by atoms with Crippen molar-refractivity contribution in [1.82, 2.24) is 5.32 Å². The highest BCUT2D eigenvalue weighted by Gasteiger charge is 2.06. The molecule has 0 radical (unpaired) electrons. The second kappa shape index (κ2) is 9.27. The van der Waals surface area contributed by atoms with Gasteiger partial charge in [0.15, 0.2) is 5.12 Å². The predicted molar refractivity (Wildman–Crippen MR) is 66.5 cm³/mol. The third-order valence-corrected chi connectivity index (χ3v) is 2.87. The number of carbonyl (C=O) groups is 2. The molecule has 0 aliphatic heterocycles. The van der Waals surface area contributed by atoms with Crippen LogP contribution in [-0.2, 0) is 9.53 Å². The molecule has 0 saturated carbocycles. The lowest BCUT2D eigenvalue weighted by Crippen LogP contribution is -2.26. The van der Waals surface area contributed by atoms with Crippen molar-refractivity contribution >= 4 is 23.0 Å². The van der Waals surface area contributed by atoms with E-state index in [9.17, 15) is 9.59 Å². The molecule has 0 rings (SSSR count). The lowest BCUT2D eigenvalue weighted by atomic mass is 10.3. The summed E-state index contributed by atoms with van der Waals surface area (Å²) in [6.45, 7) is 8.04. The number of carbonyl (C=O) groups excluding carboxylic acids is 2. The zero-order valence-electron chi connectivity index (χ0n) is 9.82. The summed E-state index contributed by atoms with van der Waals surface area (Å²) in [7, 11) is 0. The SMILES string of the molecule is C=CCOC(=O)NCCC(=O)SCC(C)C. The maximum absolute atomic E-state index is 11.3. The van der Waals surface area contributed by atoms with Crippen molar-refractivity contribution in [2.24, 2.45) is 5.92 Å². The molecule has 0 fully saturated rings. The van der Waals surface area contributed by atoms with Gasteiger partial charge in [-0.15, -0.1) is 0 Å². The molecule has 0 spiro atoms. The molecule has 5 heteroatoms. The second-order valence-corrected chi connectivity index (χ2v) is 4.72. The topological polar surface area (TPSA) is 55.4 Å². The van der Waals surface area contributed by atoms with E-state index in [1.54, 1.807) is 0 Å². The summed E-state index contributed by atoms with van der Waals surface area (Å²) in [5.41, 5.74) is 0. The first kappa shape index (κ1) is 15.0. The van der Waals surface area contributed by atoms with Gasteiger partial charge in [0.2, 0.25) is 0 Å². The molecule has 0 unspecified atom stereocenters. The van der Waals surface area contributed by atoms with Crippen molar-refractivity contribution in [3.63, 3.8) is 0 Å². The Hall–Kier alpha value is -0.970. The van der Waals surface area contributed by atoms with Gasteiger partial charge in [-0.25, -0.2) is 4.79 Å². The molecule has 0 bridgehead atoms. The zero-order valence-corrected chi connectivity index (χ0v) is 10.6. The Kier molecular flexibility index (Phi) is 8.71. The molecule has 0 aliphatic rings. The lowest BCUT2D eigenvalue weighted by molar-refractivity contribution is -0.110. The third kappa shape index (κ3) is 9.58.